The second-order valence-electron chi connectivity index (χ2n) is 5.77. The lowest BCUT2D eigenvalue weighted by molar-refractivity contribution is -0.143. The first kappa shape index (κ1) is 21.0. The molecule has 1 rings (SSSR count). The maximum Gasteiger partial charge on any atom is 0.416 e. The third-order valence-electron chi connectivity index (χ3n) is 3.76. The lowest BCUT2D eigenvalue weighted by atomic mass is 10.0. The summed E-state index contributed by atoms with van der Waals surface area (Å²) in [6.45, 7) is 2.01. The summed E-state index contributed by atoms with van der Waals surface area (Å²) >= 11 is 0. The van der Waals surface area contributed by atoms with Gasteiger partial charge in [-0.15, -0.1) is 0 Å². The van der Waals surface area contributed by atoms with Crippen LogP contribution in [0.3, 0.4) is 0 Å². The Morgan fingerprint density at radius 2 is 1.72 bits per heavy atom. The Kier molecular flexibility index (Phi) is 7.89. The monoisotopic (exact) mass is 361 g/mol. The number of benzene rings is 1. The van der Waals surface area contributed by atoms with Gasteiger partial charge in [0.05, 0.1) is 5.56 Å². The normalized spacial score (nSPS) is 14.0. The fourth-order valence-corrected chi connectivity index (χ4v) is 2.29. The smallest absolute Gasteiger partial charge is 0.416 e. The van der Waals surface area contributed by atoms with E-state index in [9.17, 15) is 27.9 Å². The standard InChI is InChI=1S/C17H22F3NO4/c1-2-3-4-5-6-13(16(24)25)21-15(23)14(22)11-7-9-12(10-8-11)17(18,19)20/h7-10,13-14,22H,2-6H2,1H3,(H,21,23)(H,24,25)/t13-,14-/m1/s1. The molecule has 0 saturated heterocycles. The summed E-state index contributed by atoms with van der Waals surface area (Å²) in [5, 5.41) is 21.3. The van der Waals surface area contributed by atoms with E-state index < -0.39 is 35.8 Å². The molecule has 8 heteroatoms. The van der Waals surface area contributed by atoms with Crippen LogP contribution in [-0.4, -0.2) is 28.1 Å². The largest absolute Gasteiger partial charge is 0.480 e. The van der Waals surface area contributed by atoms with E-state index in [1.54, 1.807) is 0 Å². The van der Waals surface area contributed by atoms with Gasteiger partial charge in [-0.05, 0) is 24.1 Å². The van der Waals surface area contributed by atoms with Crippen molar-refractivity contribution >= 4 is 11.9 Å². The third kappa shape index (κ3) is 6.74. The molecule has 1 amide bonds. The van der Waals surface area contributed by atoms with E-state index in [2.05, 4.69) is 5.32 Å². The second kappa shape index (κ2) is 9.41. The summed E-state index contributed by atoms with van der Waals surface area (Å²) in [4.78, 5) is 23.2. The fourth-order valence-electron chi connectivity index (χ4n) is 2.29. The molecule has 0 heterocycles. The Morgan fingerprint density at radius 3 is 2.20 bits per heavy atom. The van der Waals surface area contributed by atoms with Crippen molar-refractivity contribution in [2.75, 3.05) is 0 Å². The molecule has 0 fully saturated rings. The van der Waals surface area contributed by atoms with Gasteiger partial charge in [0, 0.05) is 0 Å². The quantitative estimate of drug-likeness (QED) is 0.589. The van der Waals surface area contributed by atoms with E-state index in [0.717, 1.165) is 43.5 Å². The lowest BCUT2D eigenvalue weighted by Crippen LogP contribution is -2.43. The predicted octanol–water partition coefficient (Wildman–Crippen LogP) is 3.28. The Hall–Kier alpha value is -2.09. The third-order valence-corrected chi connectivity index (χ3v) is 3.76. The van der Waals surface area contributed by atoms with Crippen LogP contribution < -0.4 is 5.32 Å². The number of aliphatic hydroxyl groups excluding tert-OH is 1. The number of carbonyl (C=O) groups is 2. The number of aliphatic carboxylic acids is 1. The van der Waals surface area contributed by atoms with Crippen molar-refractivity contribution in [3.63, 3.8) is 0 Å². The number of halogens is 3. The number of unbranched alkanes of at least 4 members (excludes halogenated alkanes) is 3. The van der Waals surface area contributed by atoms with Crippen LogP contribution in [0.25, 0.3) is 0 Å². The van der Waals surface area contributed by atoms with Gasteiger partial charge in [-0.1, -0.05) is 44.7 Å². The second-order valence-corrected chi connectivity index (χ2v) is 5.77. The number of aliphatic hydroxyl groups is 1. The van der Waals surface area contributed by atoms with Crippen LogP contribution >= 0.6 is 0 Å². The molecule has 0 aromatic heterocycles. The Morgan fingerprint density at radius 1 is 1.12 bits per heavy atom. The molecule has 0 radical (unpaired) electrons. The van der Waals surface area contributed by atoms with Crippen LogP contribution in [-0.2, 0) is 15.8 Å². The van der Waals surface area contributed by atoms with Crippen LogP contribution in [0.1, 0.15) is 56.3 Å². The molecule has 0 aliphatic heterocycles. The van der Waals surface area contributed by atoms with Crippen LogP contribution in [0.4, 0.5) is 13.2 Å². The van der Waals surface area contributed by atoms with Gasteiger partial charge in [-0.3, -0.25) is 4.79 Å². The van der Waals surface area contributed by atoms with Gasteiger partial charge in [-0.2, -0.15) is 13.2 Å². The highest BCUT2D eigenvalue weighted by atomic mass is 19.4. The topological polar surface area (TPSA) is 86.6 Å². The number of hydrogen-bond acceptors (Lipinski definition) is 3. The summed E-state index contributed by atoms with van der Waals surface area (Å²) in [6.07, 6.45) is -2.65. The molecule has 0 aliphatic rings. The average Bonchev–Trinajstić information content (AvgIpc) is 2.55. The molecule has 5 nitrogen and oxygen atoms in total. The molecule has 3 N–H and O–H groups in total. The average molecular weight is 361 g/mol. The van der Waals surface area contributed by atoms with Gasteiger partial charge in [0.2, 0.25) is 0 Å². The Balaban J connectivity index is 2.68. The minimum atomic E-state index is -4.52. The van der Waals surface area contributed by atoms with E-state index >= 15 is 0 Å². The van der Waals surface area contributed by atoms with Gasteiger partial charge in [0.15, 0.2) is 6.10 Å². The predicted molar refractivity (Wildman–Crippen MR) is 84.7 cm³/mol. The van der Waals surface area contributed by atoms with Gasteiger partial charge in [-0.25, -0.2) is 4.79 Å². The molecule has 0 aliphatic carbocycles. The van der Waals surface area contributed by atoms with Crippen molar-refractivity contribution in [3.8, 4) is 0 Å². The molecule has 1 aromatic rings. The zero-order valence-corrected chi connectivity index (χ0v) is 13.8. The summed E-state index contributed by atoms with van der Waals surface area (Å²) in [5.41, 5.74) is -0.941. The number of amides is 1. The van der Waals surface area contributed by atoms with Crippen LogP contribution in [0.2, 0.25) is 0 Å². The SMILES string of the molecule is CCCCCC[C@@H](NC(=O)[C@H](O)c1ccc(C(F)(F)F)cc1)C(=O)O. The number of carbonyl (C=O) groups excluding carboxylic acids is 1. The molecule has 2 atom stereocenters. The number of rotatable bonds is 9. The molecule has 1 aromatic carbocycles. The Bertz CT molecular complexity index is 572. The van der Waals surface area contributed by atoms with Crippen molar-refractivity contribution in [1.29, 1.82) is 0 Å². The van der Waals surface area contributed by atoms with Crippen molar-refractivity contribution in [2.24, 2.45) is 0 Å². The maximum atomic E-state index is 12.5. The van der Waals surface area contributed by atoms with Gasteiger partial charge in [0.1, 0.15) is 6.04 Å². The summed E-state index contributed by atoms with van der Waals surface area (Å²) in [6, 6.07) is 2.35. The lowest BCUT2D eigenvalue weighted by Gasteiger charge is -2.18. The van der Waals surface area contributed by atoms with Crippen molar-refractivity contribution in [3.05, 3.63) is 35.4 Å². The highest BCUT2D eigenvalue weighted by Crippen LogP contribution is 2.30. The van der Waals surface area contributed by atoms with Gasteiger partial charge >= 0.3 is 12.1 Å². The molecule has 25 heavy (non-hydrogen) atoms. The summed E-state index contributed by atoms with van der Waals surface area (Å²) < 4.78 is 37.5. The van der Waals surface area contributed by atoms with Gasteiger partial charge < -0.3 is 15.5 Å². The first-order valence-electron chi connectivity index (χ1n) is 8.05. The van der Waals surface area contributed by atoms with Crippen molar-refractivity contribution in [1.82, 2.24) is 5.32 Å². The molecule has 0 bridgehead atoms. The first-order chi connectivity index (χ1) is 11.7. The zero-order chi connectivity index (χ0) is 19.0. The first-order valence-corrected chi connectivity index (χ1v) is 8.05. The molecular formula is C17H22F3NO4. The number of carboxylic acids is 1. The maximum absolute atomic E-state index is 12.5. The molecule has 0 spiro atoms. The van der Waals surface area contributed by atoms with Gasteiger partial charge in [0.25, 0.3) is 5.91 Å². The summed E-state index contributed by atoms with van der Waals surface area (Å²) in [5.74, 6) is -2.17. The highest BCUT2D eigenvalue weighted by Gasteiger charge is 2.31. The molecular weight excluding hydrogens is 339 g/mol. The van der Waals surface area contributed by atoms with E-state index in [1.165, 1.54) is 0 Å². The Labute approximate surface area is 143 Å². The minimum Gasteiger partial charge on any atom is -0.480 e. The fraction of sp³-hybridized carbons (Fsp3) is 0.529. The number of alkyl halides is 3. The van der Waals surface area contributed by atoms with E-state index in [-0.39, 0.29) is 12.0 Å². The van der Waals surface area contributed by atoms with E-state index in [4.69, 9.17) is 5.11 Å². The molecule has 0 saturated carbocycles. The van der Waals surface area contributed by atoms with Crippen LogP contribution in [0.15, 0.2) is 24.3 Å². The molecule has 0 unspecified atom stereocenters. The summed E-state index contributed by atoms with van der Waals surface area (Å²) in [7, 11) is 0. The van der Waals surface area contributed by atoms with Crippen LogP contribution in [0.5, 0.6) is 0 Å². The highest BCUT2D eigenvalue weighted by molar-refractivity contribution is 5.86. The van der Waals surface area contributed by atoms with Crippen LogP contribution in [0, 0.1) is 0 Å². The van der Waals surface area contributed by atoms with Crippen molar-refractivity contribution in [2.45, 2.75) is 57.3 Å². The van der Waals surface area contributed by atoms with E-state index in [0.29, 0.717) is 6.42 Å². The van der Waals surface area contributed by atoms with E-state index in [1.807, 2.05) is 6.92 Å². The van der Waals surface area contributed by atoms with Crippen molar-refractivity contribution < 1.29 is 33.0 Å². The number of hydrogen-bond donors (Lipinski definition) is 3. The zero-order valence-electron chi connectivity index (χ0n) is 13.8. The molecule has 140 valence electrons. The number of carboxylic acid groups (broad SMARTS) is 1. The number of nitrogens with one attached hydrogen (secondary N) is 1. The minimum absolute atomic E-state index is 0.0411.